The van der Waals surface area contributed by atoms with Gasteiger partial charge in [0.2, 0.25) is 0 Å². The van der Waals surface area contributed by atoms with E-state index in [1.165, 1.54) is 43.5 Å². The van der Waals surface area contributed by atoms with Crippen molar-refractivity contribution in [3.63, 3.8) is 0 Å². The lowest BCUT2D eigenvalue weighted by Crippen LogP contribution is -2.49. The van der Waals surface area contributed by atoms with E-state index in [9.17, 15) is 4.79 Å². The lowest BCUT2D eigenvalue weighted by atomic mass is 9.90. The zero-order valence-electron chi connectivity index (χ0n) is 21.7. The fourth-order valence-corrected chi connectivity index (χ4v) is 5.39. The van der Waals surface area contributed by atoms with Crippen LogP contribution in [0.4, 0.5) is 0 Å². The highest BCUT2D eigenvalue weighted by Crippen LogP contribution is 2.23. The first-order valence-electron chi connectivity index (χ1n) is 13.6. The van der Waals surface area contributed by atoms with Gasteiger partial charge in [0.05, 0.1) is 0 Å². The Hall–Kier alpha value is -3.22. The zero-order chi connectivity index (χ0) is 25.3. The van der Waals surface area contributed by atoms with Gasteiger partial charge in [-0.25, -0.2) is 0 Å². The normalized spacial score (nSPS) is 17.6. The maximum absolute atomic E-state index is 12.6. The first-order valence-corrected chi connectivity index (χ1v) is 13.6. The topological polar surface area (TPSA) is 48.9 Å². The number of carbonyl (C=O) groups excluding carboxylic acids is 1. The summed E-state index contributed by atoms with van der Waals surface area (Å²) in [4.78, 5) is 23.5. The van der Waals surface area contributed by atoms with Crippen molar-refractivity contribution in [1.82, 2.24) is 19.7 Å². The molecule has 2 fully saturated rings. The van der Waals surface area contributed by atoms with Gasteiger partial charge >= 0.3 is 0 Å². The Morgan fingerprint density at radius 3 is 2.19 bits per heavy atom. The summed E-state index contributed by atoms with van der Waals surface area (Å²) in [7, 11) is 0. The maximum atomic E-state index is 12.6. The summed E-state index contributed by atoms with van der Waals surface area (Å²) in [5, 5.41) is 0. The van der Waals surface area contributed by atoms with Crippen LogP contribution < -0.4 is 4.74 Å². The van der Waals surface area contributed by atoms with E-state index >= 15 is 0 Å². The van der Waals surface area contributed by atoms with Gasteiger partial charge in [-0.15, -0.1) is 0 Å². The molecule has 2 saturated heterocycles. The molecule has 0 aliphatic carbocycles. The Morgan fingerprint density at radius 1 is 0.784 bits per heavy atom. The van der Waals surface area contributed by atoms with Gasteiger partial charge in [-0.05, 0) is 73.7 Å². The van der Waals surface area contributed by atoms with Crippen molar-refractivity contribution in [1.29, 1.82) is 0 Å². The summed E-state index contributed by atoms with van der Waals surface area (Å²) in [5.74, 6) is 1.83. The fourth-order valence-electron chi connectivity index (χ4n) is 5.39. The van der Waals surface area contributed by atoms with E-state index < -0.39 is 0 Å². The number of nitrogens with zero attached hydrogens (tertiary/aromatic N) is 4. The molecule has 0 atom stereocenters. The van der Waals surface area contributed by atoms with Crippen molar-refractivity contribution < 1.29 is 9.53 Å². The largest absolute Gasteiger partial charge is 0.492 e. The number of amides is 1. The number of aromatic nitrogens is 1. The minimum absolute atomic E-state index is 0.0925. The Bertz CT molecular complexity index is 1090. The van der Waals surface area contributed by atoms with Crippen LogP contribution in [-0.4, -0.2) is 78.0 Å². The first kappa shape index (κ1) is 25.4. The first-order chi connectivity index (χ1) is 18.2. The molecule has 37 heavy (non-hydrogen) atoms. The molecule has 1 aromatic heterocycles. The van der Waals surface area contributed by atoms with Crippen LogP contribution in [-0.2, 0) is 13.0 Å². The summed E-state index contributed by atoms with van der Waals surface area (Å²) in [6.45, 7) is 8.15. The van der Waals surface area contributed by atoms with E-state index in [-0.39, 0.29) is 5.91 Å². The summed E-state index contributed by atoms with van der Waals surface area (Å²) >= 11 is 0. The van der Waals surface area contributed by atoms with Crippen LogP contribution in [0.5, 0.6) is 5.75 Å². The van der Waals surface area contributed by atoms with Crippen LogP contribution in [0.25, 0.3) is 0 Å². The highest BCUT2D eigenvalue weighted by atomic mass is 16.5. The Morgan fingerprint density at radius 2 is 1.49 bits per heavy atom. The monoisotopic (exact) mass is 498 g/mol. The van der Waals surface area contributed by atoms with E-state index in [1.54, 1.807) is 24.5 Å². The van der Waals surface area contributed by atoms with Crippen LogP contribution in [0.15, 0.2) is 79.1 Å². The Balaban J connectivity index is 0.977. The molecule has 0 spiro atoms. The minimum atomic E-state index is 0.0925. The van der Waals surface area contributed by atoms with Crippen LogP contribution in [0.2, 0.25) is 0 Å². The van der Waals surface area contributed by atoms with Gasteiger partial charge in [0, 0.05) is 57.2 Å². The SMILES string of the molecule is O=C(c1ccncc1)N1CCN(CCOc2ccc(CN3CCC(Cc4ccccc4)CC3)cc2)CC1. The third-order valence-corrected chi connectivity index (χ3v) is 7.67. The number of pyridine rings is 1. The predicted octanol–water partition coefficient (Wildman–Crippen LogP) is 4.37. The number of benzene rings is 2. The van der Waals surface area contributed by atoms with Crippen LogP contribution >= 0.6 is 0 Å². The molecule has 1 amide bonds. The van der Waals surface area contributed by atoms with E-state index in [0.29, 0.717) is 12.2 Å². The fraction of sp³-hybridized carbons (Fsp3) is 0.419. The van der Waals surface area contributed by atoms with Crippen molar-refractivity contribution >= 4 is 5.91 Å². The van der Waals surface area contributed by atoms with Gasteiger partial charge in [-0.1, -0.05) is 42.5 Å². The molecular formula is C31H38N4O2. The number of likely N-dealkylation sites (tertiary alicyclic amines) is 1. The van der Waals surface area contributed by atoms with Crippen molar-refractivity contribution in [2.75, 3.05) is 52.4 Å². The molecule has 0 bridgehead atoms. The molecule has 3 aromatic rings. The molecule has 3 heterocycles. The van der Waals surface area contributed by atoms with E-state index in [1.807, 2.05) is 4.90 Å². The van der Waals surface area contributed by atoms with Crippen LogP contribution in [0.3, 0.4) is 0 Å². The van der Waals surface area contributed by atoms with Gasteiger partial charge in [-0.2, -0.15) is 0 Å². The molecule has 0 unspecified atom stereocenters. The lowest BCUT2D eigenvalue weighted by Gasteiger charge is -2.34. The lowest BCUT2D eigenvalue weighted by molar-refractivity contribution is 0.0620. The molecular weight excluding hydrogens is 460 g/mol. The molecule has 6 nitrogen and oxygen atoms in total. The second-order valence-electron chi connectivity index (χ2n) is 10.3. The third-order valence-electron chi connectivity index (χ3n) is 7.67. The third kappa shape index (κ3) is 7.40. The van der Waals surface area contributed by atoms with Crippen LogP contribution in [0, 0.1) is 5.92 Å². The molecule has 2 aliphatic rings. The highest BCUT2D eigenvalue weighted by Gasteiger charge is 2.22. The molecule has 0 N–H and O–H groups in total. The van der Waals surface area contributed by atoms with Crippen molar-refractivity contribution in [2.45, 2.75) is 25.8 Å². The van der Waals surface area contributed by atoms with E-state index in [0.717, 1.165) is 50.9 Å². The smallest absolute Gasteiger partial charge is 0.254 e. The molecule has 6 heteroatoms. The second-order valence-corrected chi connectivity index (χ2v) is 10.3. The van der Waals surface area contributed by atoms with E-state index in [4.69, 9.17) is 4.74 Å². The van der Waals surface area contributed by atoms with Gasteiger partial charge in [0.1, 0.15) is 12.4 Å². The number of rotatable bonds is 9. The molecule has 194 valence electrons. The average molecular weight is 499 g/mol. The van der Waals surface area contributed by atoms with Gasteiger partial charge in [0.15, 0.2) is 0 Å². The predicted molar refractivity (Wildman–Crippen MR) is 147 cm³/mol. The number of hydrogen-bond donors (Lipinski definition) is 0. The maximum Gasteiger partial charge on any atom is 0.254 e. The average Bonchev–Trinajstić information content (AvgIpc) is 2.96. The molecule has 2 aliphatic heterocycles. The van der Waals surface area contributed by atoms with Gasteiger partial charge < -0.3 is 9.64 Å². The van der Waals surface area contributed by atoms with Gasteiger partial charge in [0.25, 0.3) is 5.91 Å². The zero-order valence-corrected chi connectivity index (χ0v) is 21.7. The van der Waals surface area contributed by atoms with Crippen molar-refractivity contribution in [2.24, 2.45) is 5.92 Å². The Kier molecular flexibility index (Phi) is 8.82. The minimum Gasteiger partial charge on any atom is -0.492 e. The molecule has 0 saturated carbocycles. The second kappa shape index (κ2) is 12.8. The number of piperazine rings is 1. The summed E-state index contributed by atoms with van der Waals surface area (Å²) in [5.41, 5.74) is 3.53. The molecule has 2 aromatic carbocycles. The number of hydrogen-bond acceptors (Lipinski definition) is 5. The standard InChI is InChI=1S/C31H38N4O2/c36-31(29-10-14-32-15-11-29)35-20-18-33(19-21-35)22-23-37-30-8-6-28(7-9-30)25-34-16-12-27(13-17-34)24-26-4-2-1-3-5-26/h1-11,14-15,27H,12-13,16-25H2. The number of ether oxygens (including phenoxy) is 1. The quantitative estimate of drug-likeness (QED) is 0.438. The summed E-state index contributed by atoms with van der Waals surface area (Å²) in [6, 6.07) is 23.1. The molecule has 5 rings (SSSR count). The number of carbonyl (C=O) groups is 1. The van der Waals surface area contributed by atoms with Gasteiger partial charge in [-0.3, -0.25) is 19.6 Å². The van der Waals surface area contributed by atoms with E-state index in [2.05, 4.69) is 69.4 Å². The van der Waals surface area contributed by atoms with Crippen molar-refractivity contribution in [3.8, 4) is 5.75 Å². The summed E-state index contributed by atoms with van der Waals surface area (Å²) < 4.78 is 6.03. The summed E-state index contributed by atoms with van der Waals surface area (Å²) in [6.07, 6.45) is 7.11. The molecule has 0 radical (unpaired) electrons. The highest BCUT2D eigenvalue weighted by molar-refractivity contribution is 5.94. The van der Waals surface area contributed by atoms with Crippen molar-refractivity contribution in [3.05, 3.63) is 95.8 Å². The van der Waals surface area contributed by atoms with Crippen LogP contribution in [0.1, 0.15) is 34.3 Å². The number of piperidine rings is 1. The Labute approximate surface area is 220 Å².